The zero-order valence-corrected chi connectivity index (χ0v) is 15.4. The average Bonchev–Trinajstić information content (AvgIpc) is 2.70. The monoisotopic (exact) mass is 371 g/mol. The van der Waals surface area contributed by atoms with Crippen molar-refractivity contribution in [1.29, 1.82) is 0 Å². The van der Waals surface area contributed by atoms with Crippen molar-refractivity contribution in [3.8, 4) is 0 Å². The number of rotatable bonds is 8. The van der Waals surface area contributed by atoms with Crippen LogP contribution in [0.4, 0.5) is 15.8 Å². The molecule has 0 radical (unpaired) electrons. The third-order valence-corrected chi connectivity index (χ3v) is 4.57. The minimum atomic E-state index is -0.244. The van der Waals surface area contributed by atoms with E-state index in [9.17, 15) is 9.18 Å². The molecule has 6 heteroatoms. The largest absolute Gasteiger partial charge is 0.383 e. The Balaban J connectivity index is 1.40. The summed E-state index contributed by atoms with van der Waals surface area (Å²) in [7, 11) is 0. The highest BCUT2D eigenvalue weighted by molar-refractivity contribution is 5.77. The highest BCUT2D eigenvalue weighted by Gasteiger charge is 2.14. The molecule has 1 aliphatic heterocycles. The molecule has 0 aliphatic carbocycles. The summed E-state index contributed by atoms with van der Waals surface area (Å²) in [4.78, 5) is 14.3. The summed E-state index contributed by atoms with van der Waals surface area (Å²) in [5.41, 5.74) is 3.20. The van der Waals surface area contributed by atoms with Gasteiger partial charge in [0.15, 0.2) is 0 Å². The molecule has 2 N–H and O–H groups in total. The maximum atomic E-state index is 12.9. The number of hydrogen-bond acceptors (Lipinski definition) is 4. The Kier molecular flexibility index (Phi) is 7.04. The Morgan fingerprint density at radius 2 is 1.78 bits per heavy atom. The molecule has 1 amide bonds. The number of morpholine rings is 1. The van der Waals surface area contributed by atoms with Gasteiger partial charge in [-0.15, -0.1) is 0 Å². The van der Waals surface area contributed by atoms with Crippen LogP contribution in [0.2, 0.25) is 0 Å². The molecule has 144 valence electrons. The molecule has 27 heavy (non-hydrogen) atoms. The van der Waals surface area contributed by atoms with Crippen LogP contribution >= 0.6 is 0 Å². The number of amides is 1. The van der Waals surface area contributed by atoms with Crippen molar-refractivity contribution in [2.75, 3.05) is 49.6 Å². The molecule has 1 heterocycles. The fraction of sp³-hybridized carbons (Fsp3) is 0.381. The Hall–Kier alpha value is -2.60. The SMILES string of the molecule is O=C(CCNc1ccccc1N1CCOCC1)NCCc1ccc(F)cc1. The van der Waals surface area contributed by atoms with Crippen molar-refractivity contribution < 1.29 is 13.9 Å². The topological polar surface area (TPSA) is 53.6 Å². The van der Waals surface area contributed by atoms with Crippen LogP contribution in [0, 0.1) is 5.82 Å². The van der Waals surface area contributed by atoms with Crippen LogP contribution in [-0.2, 0) is 16.0 Å². The maximum Gasteiger partial charge on any atom is 0.221 e. The van der Waals surface area contributed by atoms with Crippen LogP contribution in [0.15, 0.2) is 48.5 Å². The van der Waals surface area contributed by atoms with E-state index in [1.807, 2.05) is 18.2 Å². The highest BCUT2D eigenvalue weighted by atomic mass is 19.1. The fourth-order valence-electron chi connectivity index (χ4n) is 3.10. The average molecular weight is 371 g/mol. The molecule has 0 bridgehead atoms. The quantitative estimate of drug-likeness (QED) is 0.749. The Bertz CT molecular complexity index is 730. The van der Waals surface area contributed by atoms with Gasteiger partial charge < -0.3 is 20.3 Å². The third-order valence-electron chi connectivity index (χ3n) is 4.57. The summed E-state index contributed by atoms with van der Waals surface area (Å²) in [6.45, 7) is 4.36. The molecular weight excluding hydrogens is 345 g/mol. The summed E-state index contributed by atoms with van der Waals surface area (Å²) in [6.07, 6.45) is 1.10. The standard InChI is InChI=1S/C21H26FN3O2/c22-18-7-5-17(6-8-18)9-11-24-21(26)10-12-23-19-3-1-2-4-20(19)25-13-15-27-16-14-25/h1-8,23H,9-16H2,(H,24,26). The Morgan fingerprint density at radius 1 is 1.04 bits per heavy atom. The first-order valence-corrected chi connectivity index (χ1v) is 9.39. The van der Waals surface area contributed by atoms with Gasteiger partial charge in [-0.1, -0.05) is 24.3 Å². The van der Waals surface area contributed by atoms with Gasteiger partial charge in [-0.05, 0) is 36.2 Å². The molecule has 2 aromatic carbocycles. The molecule has 1 fully saturated rings. The van der Waals surface area contributed by atoms with E-state index in [-0.39, 0.29) is 11.7 Å². The second kappa shape index (κ2) is 9.92. The van der Waals surface area contributed by atoms with E-state index in [4.69, 9.17) is 4.74 Å². The van der Waals surface area contributed by atoms with Crippen molar-refractivity contribution in [2.45, 2.75) is 12.8 Å². The highest BCUT2D eigenvalue weighted by Crippen LogP contribution is 2.26. The number of ether oxygens (including phenoxy) is 1. The molecule has 1 saturated heterocycles. The lowest BCUT2D eigenvalue weighted by Crippen LogP contribution is -2.36. The minimum absolute atomic E-state index is 0.00784. The number of benzene rings is 2. The molecule has 2 aromatic rings. The van der Waals surface area contributed by atoms with Crippen molar-refractivity contribution in [3.63, 3.8) is 0 Å². The lowest BCUT2D eigenvalue weighted by Gasteiger charge is -2.30. The van der Waals surface area contributed by atoms with Crippen LogP contribution < -0.4 is 15.5 Å². The lowest BCUT2D eigenvalue weighted by atomic mass is 10.1. The molecule has 0 aromatic heterocycles. The zero-order chi connectivity index (χ0) is 18.9. The fourth-order valence-corrected chi connectivity index (χ4v) is 3.10. The van der Waals surface area contributed by atoms with E-state index < -0.39 is 0 Å². The third kappa shape index (κ3) is 5.96. The first-order chi connectivity index (χ1) is 13.2. The van der Waals surface area contributed by atoms with Gasteiger partial charge in [0.25, 0.3) is 0 Å². The molecule has 5 nitrogen and oxygen atoms in total. The molecular formula is C21H26FN3O2. The predicted molar refractivity (Wildman–Crippen MR) is 106 cm³/mol. The number of nitrogens with one attached hydrogen (secondary N) is 2. The number of carbonyl (C=O) groups excluding carboxylic acids is 1. The molecule has 0 unspecified atom stereocenters. The second-order valence-corrected chi connectivity index (χ2v) is 6.52. The number of hydrogen-bond donors (Lipinski definition) is 2. The van der Waals surface area contributed by atoms with E-state index in [2.05, 4.69) is 21.6 Å². The van der Waals surface area contributed by atoms with Crippen LogP contribution in [0.25, 0.3) is 0 Å². The number of nitrogens with zero attached hydrogens (tertiary/aromatic N) is 1. The minimum Gasteiger partial charge on any atom is -0.383 e. The number of carbonyl (C=O) groups is 1. The number of anilines is 2. The molecule has 3 rings (SSSR count). The van der Waals surface area contributed by atoms with E-state index >= 15 is 0 Å². The van der Waals surface area contributed by atoms with Crippen LogP contribution in [0.5, 0.6) is 0 Å². The van der Waals surface area contributed by atoms with Gasteiger partial charge in [0, 0.05) is 32.6 Å². The van der Waals surface area contributed by atoms with Crippen LogP contribution in [-0.4, -0.2) is 45.3 Å². The van der Waals surface area contributed by atoms with Crippen molar-refractivity contribution in [1.82, 2.24) is 5.32 Å². The van der Waals surface area contributed by atoms with E-state index in [0.717, 1.165) is 43.2 Å². The molecule has 0 spiro atoms. The second-order valence-electron chi connectivity index (χ2n) is 6.52. The number of para-hydroxylation sites is 2. The van der Waals surface area contributed by atoms with Gasteiger partial charge >= 0.3 is 0 Å². The summed E-state index contributed by atoms with van der Waals surface area (Å²) < 4.78 is 18.3. The van der Waals surface area contributed by atoms with E-state index in [0.29, 0.717) is 25.9 Å². The normalized spacial score (nSPS) is 14.0. The predicted octanol–water partition coefficient (Wildman–Crippen LogP) is 2.82. The summed E-state index contributed by atoms with van der Waals surface area (Å²) >= 11 is 0. The number of halogens is 1. The summed E-state index contributed by atoms with van der Waals surface area (Å²) in [5.74, 6) is -0.236. The maximum absolute atomic E-state index is 12.9. The van der Waals surface area contributed by atoms with Gasteiger partial charge in [-0.25, -0.2) is 4.39 Å². The summed E-state index contributed by atoms with van der Waals surface area (Å²) in [6, 6.07) is 14.5. The zero-order valence-electron chi connectivity index (χ0n) is 15.4. The van der Waals surface area contributed by atoms with Crippen molar-refractivity contribution in [2.24, 2.45) is 0 Å². The van der Waals surface area contributed by atoms with E-state index in [1.54, 1.807) is 12.1 Å². The molecule has 0 saturated carbocycles. The van der Waals surface area contributed by atoms with Crippen molar-refractivity contribution >= 4 is 17.3 Å². The van der Waals surface area contributed by atoms with Gasteiger partial charge in [0.2, 0.25) is 5.91 Å². The van der Waals surface area contributed by atoms with Gasteiger partial charge in [0.05, 0.1) is 24.6 Å². The first kappa shape index (κ1) is 19.2. The lowest BCUT2D eigenvalue weighted by molar-refractivity contribution is -0.120. The smallest absolute Gasteiger partial charge is 0.221 e. The molecule has 1 aliphatic rings. The molecule has 0 atom stereocenters. The van der Waals surface area contributed by atoms with Gasteiger partial charge in [0.1, 0.15) is 5.82 Å². The van der Waals surface area contributed by atoms with Gasteiger partial charge in [-0.2, -0.15) is 0 Å². The Morgan fingerprint density at radius 3 is 2.56 bits per heavy atom. The van der Waals surface area contributed by atoms with Gasteiger partial charge in [-0.3, -0.25) is 4.79 Å². The summed E-state index contributed by atoms with van der Waals surface area (Å²) in [5, 5.41) is 6.28. The van der Waals surface area contributed by atoms with Crippen LogP contribution in [0.3, 0.4) is 0 Å². The van der Waals surface area contributed by atoms with E-state index in [1.165, 1.54) is 12.1 Å². The van der Waals surface area contributed by atoms with Crippen LogP contribution in [0.1, 0.15) is 12.0 Å². The van der Waals surface area contributed by atoms with Crippen molar-refractivity contribution in [3.05, 3.63) is 59.9 Å². The first-order valence-electron chi connectivity index (χ1n) is 9.39. The Labute approximate surface area is 159 Å².